The fourth-order valence-electron chi connectivity index (χ4n) is 1.84. The number of hydrogen-bond donors (Lipinski definition) is 0. The smallest absolute Gasteiger partial charge is 0.434 e. The topological polar surface area (TPSA) is 35.0 Å². The third-order valence-electron chi connectivity index (χ3n) is 2.77. The van der Waals surface area contributed by atoms with Gasteiger partial charge in [-0.1, -0.05) is 46.4 Å². The molecule has 0 aromatic carbocycles. The Bertz CT molecular complexity index is 732. The van der Waals surface area contributed by atoms with Gasteiger partial charge < -0.3 is 4.74 Å². The molecule has 0 N–H and O–H groups in total. The molecule has 123 valence electrons. The third kappa shape index (κ3) is 3.94. The fourth-order valence-corrected chi connectivity index (χ4v) is 2.53. The van der Waals surface area contributed by atoms with Crippen molar-refractivity contribution in [3.8, 4) is 17.0 Å². The molecule has 3 nitrogen and oxygen atoms in total. The number of pyridine rings is 2. The Kier molecular flexibility index (Phi) is 5.21. The van der Waals surface area contributed by atoms with E-state index in [1.807, 2.05) is 0 Å². The van der Waals surface area contributed by atoms with Crippen LogP contribution < -0.4 is 4.74 Å². The van der Waals surface area contributed by atoms with Crippen LogP contribution in [-0.2, 0) is 9.97 Å². The lowest BCUT2D eigenvalue weighted by molar-refractivity contribution is -0.140. The van der Waals surface area contributed by atoms with Crippen LogP contribution in [0.2, 0.25) is 5.02 Å². The average Bonchev–Trinajstić information content (AvgIpc) is 2.44. The molecule has 0 aliphatic heterocycles. The normalized spacial score (nSPS) is 12.3. The molecule has 0 atom stereocenters. The van der Waals surface area contributed by atoms with E-state index in [1.165, 1.54) is 13.2 Å². The van der Waals surface area contributed by atoms with Gasteiger partial charge in [-0.3, -0.25) is 4.98 Å². The molecule has 0 spiro atoms. The summed E-state index contributed by atoms with van der Waals surface area (Å²) in [6.07, 6.45) is -1.36. The van der Waals surface area contributed by atoms with Gasteiger partial charge in [-0.2, -0.15) is 13.2 Å². The number of nitrogens with zero attached hydrogens (tertiary/aromatic N) is 2. The molecule has 10 heteroatoms. The van der Waals surface area contributed by atoms with Crippen molar-refractivity contribution in [2.45, 2.75) is 9.97 Å². The van der Waals surface area contributed by atoms with Crippen LogP contribution in [0.25, 0.3) is 11.1 Å². The highest BCUT2D eigenvalue weighted by Gasteiger charge is 2.39. The first-order valence-electron chi connectivity index (χ1n) is 5.81. The molecule has 23 heavy (non-hydrogen) atoms. The average molecular weight is 405 g/mol. The van der Waals surface area contributed by atoms with Crippen LogP contribution in [0.4, 0.5) is 13.2 Å². The Morgan fingerprint density at radius 2 is 1.83 bits per heavy atom. The summed E-state index contributed by atoms with van der Waals surface area (Å²) in [6.45, 7) is 0. The molecule has 2 heterocycles. The van der Waals surface area contributed by atoms with Crippen LogP contribution in [0.1, 0.15) is 11.3 Å². The summed E-state index contributed by atoms with van der Waals surface area (Å²) in [6, 6.07) is 2.37. The number of rotatable bonds is 2. The first-order valence-corrected chi connectivity index (χ1v) is 7.33. The fraction of sp³-hybridized carbons (Fsp3) is 0.231. The quantitative estimate of drug-likeness (QED) is 0.624. The van der Waals surface area contributed by atoms with E-state index in [4.69, 9.17) is 51.1 Å². The number of methoxy groups -OCH3 is 1. The van der Waals surface area contributed by atoms with Gasteiger partial charge in [-0.25, -0.2) is 4.98 Å². The summed E-state index contributed by atoms with van der Waals surface area (Å²) in [4.78, 5) is 7.06. The van der Waals surface area contributed by atoms with E-state index in [1.54, 1.807) is 0 Å². The standard InChI is InChI=1S/C13H6Cl4F3N2O/c1-23-9-3-2-6(11(22-9)13(18,19)20)10-7(12(15,16)17)4-21-5-8(10)14/h2-4H,1H3. The molecule has 2 aromatic heterocycles. The van der Waals surface area contributed by atoms with Crippen molar-refractivity contribution in [1.29, 1.82) is 0 Å². The highest BCUT2D eigenvalue weighted by atomic mass is 35.6. The first kappa shape index (κ1) is 18.4. The second-order valence-electron chi connectivity index (χ2n) is 4.22. The van der Waals surface area contributed by atoms with Crippen molar-refractivity contribution < 1.29 is 17.9 Å². The maximum atomic E-state index is 13.3. The van der Waals surface area contributed by atoms with E-state index in [2.05, 4.69) is 16.2 Å². The molecular formula is C13H6Cl4F3N2O. The van der Waals surface area contributed by atoms with Crippen molar-refractivity contribution in [2.75, 3.05) is 7.11 Å². The van der Waals surface area contributed by atoms with Gasteiger partial charge >= 0.3 is 6.18 Å². The van der Waals surface area contributed by atoms with E-state index >= 15 is 0 Å². The Hall–Kier alpha value is -0.950. The molecule has 0 aliphatic carbocycles. The van der Waals surface area contributed by atoms with Crippen molar-refractivity contribution in [3.05, 3.63) is 40.8 Å². The summed E-state index contributed by atoms with van der Waals surface area (Å²) >= 11 is 23.4. The van der Waals surface area contributed by atoms with Crippen LogP contribution in [0.15, 0.2) is 18.3 Å². The maximum absolute atomic E-state index is 13.3. The zero-order valence-corrected chi connectivity index (χ0v) is 14.2. The monoisotopic (exact) mass is 403 g/mol. The lowest BCUT2D eigenvalue weighted by Crippen LogP contribution is -2.13. The van der Waals surface area contributed by atoms with E-state index in [9.17, 15) is 13.2 Å². The van der Waals surface area contributed by atoms with E-state index < -0.39 is 15.7 Å². The largest absolute Gasteiger partial charge is 0.481 e. The Morgan fingerprint density at radius 1 is 1.17 bits per heavy atom. The van der Waals surface area contributed by atoms with Gasteiger partial charge in [0.05, 0.1) is 12.1 Å². The molecule has 2 rings (SSSR count). The Balaban J connectivity index is 2.83. The van der Waals surface area contributed by atoms with Crippen LogP contribution in [0.5, 0.6) is 5.88 Å². The SMILES string of the molecule is COc1ccc(-c2c(Cl)[c]ncc2C(Cl)(Cl)Cl)c(C(F)(F)F)n1. The molecule has 0 unspecified atom stereocenters. The van der Waals surface area contributed by atoms with Gasteiger partial charge in [0, 0.05) is 29.0 Å². The van der Waals surface area contributed by atoms with E-state index in [0.29, 0.717) is 0 Å². The minimum Gasteiger partial charge on any atom is -0.481 e. The highest BCUT2D eigenvalue weighted by molar-refractivity contribution is 6.67. The highest BCUT2D eigenvalue weighted by Crippen LogP contribution is 2.47. The second kappa shape index (κ2) is 6.51. The van der Waals surface area contributed by atoms with Gasteiger partial charge in [0.15, 0.2) is 5.69 Å². The minimum atomic E-state index is -4.78. The summed E-state index contributed by atoms with van der Waals surface area (Å²) in [5.41, 5.74) is -1.88. The summed E-state index contributed by atoms with van der Waals surface area (Å²) < 4.78 is 42.7. The van der Waals surface area contributed by atoms with Crippen LogP contribution in [-0.4, -0.2) is 17.1 Å². The number of ether oxygens (including phenoxy) is 1. The minimum absolute atomic E-state index is 0.122. The number of aromatic nitrogens is 2. The third-order valence-corrected chi connectivity index (χ3v) is 3.65. The molecular weight excluding hydrogens is 399 g/mol. The van der Waals surface area contributed by atoms with Crippen molar-refractivity contribution >= 4 is 46.4 Å². The van der Waals surface area contributed by atoms with Gasteiger partial charge in [0.25, 0.3) is 0 Å². The number of alkyl halides is 6. The van der Waals surface area contributed by atoms with Crippen LogP contribution >= 0.6 is 46.4 Å². The van der Waals surface area contributed by atoms with Gasteiger partial charge in [-0.05, 0) is 6.07 Å². The van der Waals surface area contributed by atoms with Crippen molar-refractivity contribution in [2.24, 2.45) is 0 Å². The molecule has 0 amide bonds. The summed E-state index contributed by atoms with van der Waals surface area (Å²) in [5.74, 6) is -0.217. The molecule has 0 saturated carbocycles. The predicted molar refractivity (Wildman–Crippen MR) is 82.1 cm³/mol. The van der Waals surface area contributed by atoms with Gasteiger partial charge in [-0.15, -0.1) is 0 Å². The van der Waals surface area contributed by atoms with Crippen LogP contribution in [0.3, 0.4) is 0 Å². The van der Waals surface area contributed by atoms with Gasteiger partial charge in [0.2, 0.25) is 9.67 Å². The molecule has 0 bridgehead atoms. The zero-order chi connectivity index (χ0) is 17.4. The maximum Gasteiger partial charge on any atom is 0.434 e. The number of hydrogen-bond acceptors (Lipinski definition) is 3. The van der Waals surface area contributed by atoms with Crippen molar-refractivity contribution in [3.63, 3.8) is 0 Å². The molecule has 0 aliphatic rings. The second-order valence-corrected chi connectivity index (χ2v) is 6.88. The van der Waals surface area contributed by atoms with E-state index in [0.717, 1.165) is 12.3 Å². The Labute approximate surface area is 149 Å². The molecule has 2 aromatic rings. The van der Waals surface area contributed by atoms with E-state index in [-0.39, 0.29) is 27.6 Å². The summed E-state index contributed by atoms with van der Waals surface area (Å²) in [7, 11) is 1.20. The molecule has 0 saturated heterocycles. The number of halogens is 7. The zero-order valence-electron chi connectivity index (χ0n) is 11.2. The molecule has 0 fully saturated rings. The summed E-state index contributed by atoms with van der Waals surface area (Å²) in [5, 5.41) is -0.230. The van der Waals surface area contributed by atoms with Crippen molar-refractivity contribution in [1.82, 2.24) is 9.97 Å². The lowest BCUT2D eigenvalue weighted by atomic mass is 10.0. The first-order chi connectivity index (χ1) is 10.6. The Morgan fingerprint density at radius 3 is 2.35 bits per heavy atom. The predicted octanol–water partition coefficient (Wildman–Crippen LogP) is 5.45. The molecule has 1 radical (unpaired) electrons. The van der Waals surface area contributed by atoms with Crippen LogP contribution in [0, 0.1) is 6.20 Å². The van der Waals surface area contributed by atoms with Gasteiger partial charge in [0.1, 0.15) is 6.20 Å². The lowest BCUT2D eigenvalue weighted by Gasteiger charge is -2.20.